The predicted molar refractivity (Wildman–Crippen MR) is 64.0 cm³/mol. The Kier molecular flexibility index (Phi) is 7.13. The molecule has 0 saturated heterocycles. The van der Waals surface area contributed by atoms with Gasteiger partial charge in [0.25, 0.3) is 0 Å². The lowest BCUT2D eigenvalue weighted by atomic mass is 9.93. The third kappa shape index (κ3) is 8.24. The summed E-state index contributed by atoms with van der Waals surface area (Å²) in [6.07, 6.45) is 2.42. The number of nitrogens with one attached hydrogen (secondary N) is 3. The van der Waals surface area contributed by atoms with Crippen molar-refractivity contribution in [3.8, 4) is 0 Å². The normalized spacial score (nSPS) is 11.2. The highest BCUT2D eigenvalue weighted by Crippen LogP contribution is 2.11. The van der Waals surface area contributed by atoms with Crippen LogP contribution >= 0.6 is 0 Å². The molecule has 0 unspecified atom stereocenters. The van der Waals surface area contributed by atoms with Crippen LogP contribution in [0.2, 0.25) is 0 Å². The molecular weight excluding hydrogens is 190 g/mol. The summed E-state index contributed by atoms with van der Waals surface area (Å²) in [4.78, 5) is 11.0. The monoisotopic (exact) mass is 215 g/mol. The standard InChI is InChI=1S/C11H25N3O/c1-5-6-7-13-8-11(2,3)9-14-10(15)12-4/h13H,5-9H2,1-4H3,(H2,12,14,15). The summed E-state index contributed by atoms with van der Waals surface area (Å²) in [6.45, 7) is 9.13. The van der Waals surface area contributed by atoms with E-state index in [1.807, 2.05) is 0 Å². The van der Waals surface area contributed by atoms with E-state index < -0.39 is 0 Å². The Balaban J connectivity index is 3.61. The van der Waals surface area contributed by atoms with Crippen molar-refractivity contribution in [1.29, 1.82) is 0 Å². The SMILES string of the molecule is CCCCNCC(C)(C)CNC(=O)NC. The molecule has 4 heteroatoms. The van der Waals surface area contributed by atoms with Crippen molar-refractivity contribution in [2.24, 2.45) is 5.41 Å². The predicted octanol–water partition coefficient (Wildman–Crippen LogP) is 1.33. The average Bonchev–Trinajstić information content (AvgIpc) is 2.21. The largest absolute Gasteiger partial charge is 0.341 e. The molecule has 0 aliphatic heterocycles. The minimum absolute atomic E-state index is 0.0975. The Morgan fingerprint density at radius 2 is 1.93 bits per heavy atom. The number of amides is 2. The van der Waals surface area contributed by atoms with E-state index in [2.05, 4.69) is 36.7 Å². The van der Waals surface area contributed by atoms with Gasteiger partial charge in [-0.05, 0) is 18.4 Å². The van der Waals surface area contributed by atoms with E-state index in [1.165, 1.54) is 12.8 Å². The number of hydrogen-bond acceptors (Lipinski definition) is 2. The van der Waals surface area contributed by atoms with Gasteiger partial charge in [-0.25, -0.2) is 4.79 Å². The average molecular weight is 215 g/mol. The maximum atomic E-state index is 11.0. The highest BCUT2D eigenvalue weighted by Gasteiger charge is 2.17. The van der Waals surface area contributed by atoms with Crippen LogP contribution in [0.15, 0.2) is 0 Å². The van der Waals surface area contributed by atoms with E-state index in [-0.39, 0.29) is 11.4 Å². The third-order valence-corrected chi connectivity index (χ3v) is 2.27. The van der Waals surface area contributed by atoms with Crippen LogP contribution in [0.3, 0.4) is 0 Å². The molecule has 0 atom stereocenters. The lowest BCUT2D eigenvalue weighted by Crippen LogP contribution is -2.43. The van der Waals surface area contributed by atoms with E-state index in [4.69, 9.17) is 0 Å². The number of hydrogen-bond donors (Lipinski definition) is 3. The number of urea groups is 1. The molecule has 0 aromatic carbocycles. The van der Waals surface area contributed by atoms with Crippen molar-refractivity contribution in [2.45, 2.75) is 33.6 Å². The topological polar surface area (TPSA) is 53.2 Å². The lowest BCUT2D eigenvalue weighted by Gasteiger charge is -2.25. The second-order valence-corrected chi connectivity index (χ2v) is 4.63. The Hall–Kier alpha value is -0.770. The highest BCUT2D eigenvalue weighted by atomic mass is 16.2. The maximum absolute atomic E-state index is 11.0. The summed E-state index contributed by atoms with van der Waals surface area (Å²) < 4.78 is 0. The van der Waals surface area contributed by atoms with Crippen LogP contribution in [0.4, 0.5) is 4.79 Å². The summed E-state index contributed by atoms with van der Waals surface area (Å²) in [5, 5.41) is 8.76. The fourth-order valence-corrected chi connectivity index (χ4v) is 1.20. The number of carbonyl (C=O) groups is 1. The molecule has 0 saturated carbocycles. The van der Waals surface area contributed by atoms with Gasteiger partial charge < -0.3 is 16.0 Å². The molecular formula is C11H25N3O. The van der Waals surface area contributed by atoms with Crippen LogP contribution in [0.5, 0.6) is 0 Å². The molecule has 0 rings (SSSR count). The quantitative estimate of drug-likeness (QED) is 0.561. The summed E-state index contributed by atoms with van der Waals surface area (Å²) in [5.41, 5.74) is 0.0975. The van der Waals surface area contributed by atoms with Crippen LogP contribution in [0, 0.1) is 5.41 Å². The Bertz CT molecular complexity index is 181. The summed E-state index contributed by atoms with van der Waals surface area (Å²) >= 11 is 0. The fourth-order valence-electron chi connectivity index (χ4n) is 1.20. The van der Waals surface area contributed by atoms with E-state index in [0.29, 0.717) is 6.54 Å². The van der Waals surface area contributed by atoms with E-state index >= 15 is 0 Å². The highest BCUT2D eigenvalue weighted by molar-refractivity contribution is 5.73. The van der Waals surface area contributed by atoms with Crippen LogP contribution in [0.25, 0.3) is 0 Å². The molecule has 0 aliphatic carbocycles. The van der Waals surface area contributed by atoms with Crippen LogP contribution in [-0.4, -0.2) is 32.7 Å². The van der Waals surface area contributed by atoms with Crippen molar-refractivity contribution in [2.75, 3.05) is 26.7 Å². The van der Waals surface area contributed by atoms with Crippen molar-refractivity contribution in [3.05, 3.63) is 0 Å². The number of rotatable bonds is 7. The molecule has 0 aromatic rings. The van der Waals surface area contributed by atoms with E-state index in [9.17, 15) is 4.79 Å². The molecule has 0 aliphatic rings. The van der Waals surface area contributed by atoms with Gasteiger partial charge in [-0.3, -0.25) is 0 Å². The summed E-state index contributed by atoms with van der Waals surface area (Å²) in [7, 11) is 1.63. The third-order valence-electron chi connectivity index (χ3n) is 2.27. The van der Waals surface area contributed by atoms with Crippen LogP contribution in [0.1, 0.15) is 33.6 Å². The van der Waals surface area contributed by atoms with Gasteiger partial charge in [-0.2, -0.15) is 0 Å². The molecule has 0 radical (unpaired) electrons. The maximum Gasteiger partial charge on any atom is 0.314 e. The molecule has 15 heavy (non-hydrogen) atoms. The molecule has 4 nitrogen and oxygen atoms in total. The minimum Gasteiger partial charge on any atom is -0.341 e. The first kappa shape index (κ1) is 14.2. The fraction of sp³-hybridized carbons (Fsp3) is 0.909. The molecule has 3 N–H and O–H groups in total. The molecule has 0 bridgehead atoms. The molecule has 90 valence electrons. The zero-order valence-corrected chi connectivity index (χ0v) is 10.4. The molecule has 0 aromatic heterocycles. The van der Waals surface area contributed by atoms with Gasteiger partial charge >= 0.3 is 6.03 Å². The van der Waals surface area contributed by atoms with Gasteiger partial charge in [-0.15, -0.1) is 0 Å². The number of carbonyl (C=O) groups excluding carboxylic acids is 1. The summed E-state index contributed by atoms with van der Waals surface area (Å²) in [6, 6.07) is -0.114. The first-order valence-electron chi connectivity index (χ1n) is 5.68. The molecule has 0 spiro atoms. The van der Waals surface area contributed by atoms with Crippen molar-refractivity contribution >= 4 is 6.03 Å². The van der Waals surface area contributed by atoms with Gasteiger partial charge in [0.2, 0.25) is 0 Å². The van der Waals surface area contributed by atoms with Gasteiger partial charge in [0.1, 0.15) is 0 Å². The Morgan fingerprint density at radius 3 is 2.47 bits per heavy atom. The zero-order chi connectivity index (χ0) is 11.7. The first-order valence-corrected chi connectivity index (χ1v) is 5.68. The van der Waals surface area contributed by atoms with Crippen molar-refractivity contribution < 1.29 is 4.79 Å². The molecule has 2 amide bonds. The van der Waals surface area contributed by atoms with E-state index in [1.54, 1.807) is 7.05 Å². The van der Waals surface area contributed by atoms with Gasteiger partial charge in [0, 0.05) is 20.1 Å². The van der Waals surface area contributed by atoms with E-state index in [0.717, 1.165) is 13.1 Å². The Labute approximate surface area is 93.2 Å². The van der Waals surface area contributed by atoms with Gasteiger partial charge in [0.05, 0.1) is 0 Å². The summed E-state index contributed by atoms with van der Waals surface area (Å²) in [5.74, 6) is 0. The van der Waals surface area contributed by atoms with Gasteiger partial charge in [0.15, 0.2) is 0 Å². The zero-order valence-electron chi connectivity index (χ0n) is 10.4. The Morgan fingerprint density at radius 1 is 1.27 bits per heavy atom. The second-order valence-electron chi connectivity index (χ2n) is 4.63. The van der Waals surface area contributed by atoms with Crippen molar-refractivity contribution in [3.63, 3.8) is 0 Å². The second kappa shape index (κ2) is 7.51. The lowest BCUT2D eigenvalue weighted by molar-refractivity contribution is 0.234. The van der Waals surface area contributed by atoms with Gasteiger partial charge in [-0.1, -0.05) is 27.2 Å². The first-order chi connectivity index (χ1) is 7.02. The van der Waals surface area contributed by atoms with Crippen LogP contribution in [-0.2, 0) is 0 Å². The number of unbranched alkanes of at least 4 members (excludes halogenated alkanes) is 1. The van der Waals surface area contributed by atoms with Crippen LogP contribution < -0.4 is 16.0 Å². The smallest absolute Gasteiger partial charge is 0.314 e. The van der Waals surface area contributed by atoms with Crippen molar-refractivity contribution in [1.82, 2.24) is 16.0 Å². The molecule has 0 fully saturated rings. The molecule has 0 heterocycles. The minimum atomic E-state index is -0.114.